The predicted octanol–water partition coefficient (Wildman–Crippen LogP) is 4.16. The van der Waals surface area contributed by atoms with Crippen LogP contribution < -0.4 is 10.2 Å². The first-order valence-electron chi connectivity index (χ1n) is 18.4. The number of likely N-dealkylation sites (tertiary alicyclic amines) is 1. The maximum absolute atomic E-state index is 16.6. The van der Waals surface area contributed by atoms with E-state index in [1.165, 1.54) is 0 Å². The van der Waals surface area contributed by atoms with E-state index in [1.807, 2.05) is 48.7 Å². The number of halogens is 1. The second kappa shape index (κ2) is 12.8. The van der Waals surface area contributed by atoms with Gasteiger partial charge in [-0.25, -0.2) is 4.39 Å². The molecule has 6 aliphatic rings. The van der Waals surface area contributed by atoms with E-state index in [9.17, 15) is 14.4 Å². The fraction of sp³-hybridized carbons (Fsp3) is 0.513. The Morgan fingerprint density at radius 1 is 0.880 bits per heavy atom. The van der Waals surface area contributed by atoms with Crippen LogP contribution in [-0.2, 0) is 14.3 Å². The molecular formula is C39H44FN5O5. The Morgan fingerprint density at radius 2 is 1.66 bits per heavy atom. The second-order valence-electron chi connectivity index (χ2n) is 14.9. The lowest BCUT2D eigenvalue weighted by molar-refractivity contribution is -0.210. The van der Waals surface area contributed by atoms with Crippen molar-refractivity contribution in [1.82, 2.24) is 20.0 Å². The number of Topliss-reactive ketones (excluding diaryl/α,β-unsaturated/α-hetero) is 1. The van der Waals surface area contributed by atoms with Crippen molar-refractivity contribution in [3.63, 3.8) is 0 Å². The first kappa shape index (κ1) is 31.7. The van der Waals surface area contributed by atoms with E-state index >= 15 is 4.39 Å². The minimum atomic E-state index is -1.30. The zero-order chi connectivity index (χ0) is 33.9. The van der Waals surface area contributed by atoms with E-state index in [4.69, 9.17) is 9.15 Å². The maximum Gasteiger partial charge on any atom is 0.287 e. The van der Waals surface area contributed by atoms with Gasteiger partial charge in [0, 0.05) is 68.5 Å². The van der Waals surface area contributed by atoms with Gasteiger partial charge in [-0.3, -0.25) is 19.3 Å². The number of alkyl halides is 1. The number of amides is 2. The highest BCUT2D eigenvalue weighted by Gasteiger charge is 2.60. The summed E-state index contributed by atoms with van der Waals surface area (Å²) in [5.41, 5.74) is 1.99. The molecule has 2 saturated carbocycles. The van der Waals surface area contributed by atoms with Gasteiger partial charge < -0.3 is 29.2 Å². The number of nitrogens with one attached hydrogen (secondary N) is 1. The topological polar surface area (TPSA) is 98.6 Å². The molecular weight excluding hydrogens is 637 g/mol. The highest BCUT2D eigenvalue weighted by molar-refractivity contribution is 6.20. The van der Waals surface area contributed by atoms with Crippen molar-refractivity contribution < 1.29 is 27.9 Å². The molecule has 1 aromatic heterocycles. The van der Waals surface area contributed by atoms with E-state index < -0.39 is 24.2 Å². The normalized spacial score (nSPS) is 32.8. The fourth-order valence-corrected chi connectivity index (χ4v) is 9.65. The molecule has 8 atom stereocenters. The van der Waals surface area contributed by atoms with Gasteiger partial charge in [0.25, 0.3) is 11.8 Å². The molecule has 3 saturated heterocycles. The number of nitrogens with zero attached hydrogens (tertiary/aromatic N) is 4. The van der Waals surface area contributed by atoms with Gasteiger partial charge in [0.2, 0.25) is 0 Å². The van der Waals surface area contributed by atoms with Gasteiger partial charge in [0.1, 0.15) is 11.8 Å². The number of anilines is 1. The molecule has 5 heterocycles. The summed E-state index contributed by atoms with van der Waals surface area (Å²) >= 11 is 0. The van der Waals surface area contributed by atoms with Gasteiger partial charge in [-0.1, -0.05) is 49.2 Å². The molecule has 0 radical (unpaired) electrons. The van der Waals surface area contributed by atoms with E-state index in [1.54, 1.807) is 11.0 Å². The molecule has 50 heavy (non-hydrogen) atoms. The lowest BCUT2D eigenvalue weighted by Crippen LogP contribution is -2.73. The zero-order valence-corrected chi connectivity index (χ0v) is 28.2. The van der Waals surface area contributed by atoms with Crippen molar-refractivity contribution in [3.05, 3.63) is 78.2 Å². The fourth-order valence-electron chi connectivity index (χ4n) is 9.65. The summed E-state index contributed by atoms with van der Waals surface area (Å²) < 4.78 is 29.2. The molecule has 2 amide bonds. The Kier molecular flexibility index (Phi) is 8.15. The lowest BCUT2D eigenvalue weighted by Gasteiger charge is -2.60. The van der Waals surface area contributed by atoms with Crippen LogP contribution in [-0.4, -0.2) is 114 Å². The molecule has 5 fully saturated rings. The van der Waals surface area contributed by atoms with E-state index in [2.05, 4.69) is 32.1 Å². The van der Waals surface area contributed by atoms with Gasteiger partial charge in [-0.15, -0.1) is 0 Å². The molecule has 3 aromatic rings. The number of hydrogen-bond donors (Lipinski definition) is 1. The van der Waals surface area contributed by atoms with E-state index in [0.29, 0.717) is 51.3 Å². The van der Waals surface area contributed by atoms with Crippen LogP contribution in [0.5, 0.6) is 0 Å². The first-order chi connectivity index (χ1) is 24.4. The van der Waals surface area contributed by atoms with E-state index in [0.717, 1.165) is 36.8 Å². The lowest BCUT2D eigenvalue weighted by atomic mass is 9.69. The van der Waals surface area contributed by atoms with Crippen LogP contribution in [0.3, 0.4) is 0 Å². The van der Waals surface area contributed by atoms with Gasteiger partial charge >= 0.3 is 0 Å². The van der Waals surface area contributed by atoms with Gasteiger partial charge in [-0.05, 0) is 49.9 Å². The highest BCUT2D eigenvalue weighted by Crippen LogP contribution is 2.47. The number of rotatable bonds is 5. The van der Waals surface area contributed by atoms with Gasteiger partial charge in [-0.2, -0.15) is 0 Å². The third-order valence-corrected chi connectivity index (χ3v) is 12.1. The number of hydrogen-bond acceptors (Lipinski definition) is 8. The minimum Gasteiger partial charge on any atom is -0.451 e. The Bertz CT molecular complexity index is 1770. The van der Waals surface area contributed by atoms with Crippen LogP contribution in [0.1, 0.15) is 49.1 Å². The van der Waals surface area contributed by atoms with Gasteiger partial charge in [0.15, 0.2) is 11.5 Å². The number of carbonyl (C=O) groups is 3. The monoisotopic (exact) mass is 681 g/mol. The van der Waals surface area contributed by atoms with Crippen molar-refractivity contribution in [3.8, 4) is 0 Å². The molecule has 4 aliphatic heterocycles. The van der Waals surface area contributed by atoms with Crippen LogP contribution in [0.4, 0.5) is 10.1 Å². The first-order valence-corrected chi connectivity index (χ1v) is 18.4. The quantitative estimate of drug-likeness (QED) is 0.402. The van der Waals surface area contributed by atoms with Crippen molar-refractivity contribution in [2.24, 2.45) is 5.92 Å². The number of para-hydroxylation sites is 2. The van der Waals surface area contributed by atoms with Crippen molar-refractivity contribution in [2.75, 3.05) is 44.2 Å². The van der Waals surface area contributed by atoms with Crippen LogP contribution in [0.15, 0.2) is 76.9 Å². The third-order valence-electron chi connectivity index (χ3n) is 12.1. The van der Waals surface area contributed by atoms with Crippen LogP contribution in [0.2, 0.25) is 0 Å². The second-order valence-corrected chi connectivity index (χ2v) is 14.9. The maximum atomic E-state index is 16.6. The summed E-state index contributed by atoms with van der Waals surface area (Å²) in [4.78, 5) is 49.9. The molecule has 11 heteroatoms. The van der Waals surface area contributed by atoms with Crippen molar-refractivity contribution >= 4 is 34.3 Å². The average Bonchev–Trinajstić information content (AvgIpc) is 3.80. The molecule has 2 aliphatic carbocycles. The number of benzene rings is 2. The highest BCUT2D eigenvalue weighted by atomic mass is 19.1. The number of carbonyl (C=O) groups excluding carboxylic acids is 3. The SMILES string of the molecule is O=C(NC1CCN(C2C(F)CC3C(=O)C(C(=O)N4CCN(c5ccccc5)CC4)=CN4C5CCCCC5OC2C34)C1)c1cc2ccccc2o1. The number of morpholine rings is 1. The Balaban J connectivity index is 0.931. The Hall–Kier alpha value is -4.22. The molecule has 10 nitrogen and oxygen atoms in total. The summed E-state index contributed by atoms with van der Waals surface area (Å²) in [5.74, 6) is -1.14. The Morgan fingerprint density at radius 3 is 2.48 bits per heavy atom. The van der Waals surface area contributed by atoms with Crippen LogP contribution in [0, 0.1) is 5.92 Å². The largest absolute Gasteiger partial charge is 0.451 e. The van der Waals surface area contributed by atoms with Crippen LogP contribution in [0.25, 0.3) is 11.0 Å². The minimum absolute atomic E-state index is 0.0564. The summed E-state index contributed by atoms with van der Waals surface area (Å²) in [6, 6.07) is 18.5. The van der Waals surface area contributed by atoms with Crippen molar-refractivity contribution in [2.45, 2.75) is 81.1 Å². The number of ether oxygens (including phenoxy) is 1. The molecule has 262 valence electrons. The molecule has 2 aromatic carbocycles. The predicted molar refractivity (Wildman–Crippen MR) is 185 cm³/mol. The average molecular weight is 682 g/mol. The summed E-state index contributed by atoms with van der Waals surface area (Å²) in [5, 5.41) is 3.98. The number of ketones is 1. The van der Waals surface area contributed by atoms with Crippen LogP contribution >= 0.6 is 0 Å². The standard InChI is InChI=1S/C39H44FN5O5/c40-29-21-27-34-37(35(29)44-15-14-25(22-44)41-38(47)33-20-24-8-4-6-12-31(24)49-33)50-32-13-7-5-11-30(32)45(34)23-28(36(27)46)39(48)43-18-16-42(17-19-43)26-9-2-1-3-10-26/h1-4,6,8-10,12,20,23,25,27,29-30,32,34-35,37H,5,7,11,13-19,21-22H2,(H,41,47). The third kappa shape index (κ3) is 5.49. The molecule has 9 rings (SSSR count). The van der Waals surface area contributed by atoms with Gasteiger partial charge in [0.05, 0.1) is 35.9 Å². The number of furan rings is 1. The summed E-state index contributed by atoms with van der Waals surface area (Å²) in [6.45, 7) is 3.55. The molecule has 1 N–H and O–H groups in total. The number of piperazine rings is 1. The van der Waals surface area contributed by atoms with Crippen molar-refractivity contribution in [1.29, 1.82) is 0 Å². The molecule has 8 unspecified atom stereocenters. The number of fused-ring (bicyclic) bond motifs is 3. The summed E-state index contributed by atoms with van der Waals surface area (Å²) in [6.07, 6.45) is 4.57. The smallest absolute Gasteiger partial charge is 0.287 e. The molecule has 0 spiro atoms. The molecule has 0 bridgehead atoms. The zero-order valence-electron chi connectivity index (χ0n) is 28.2. The Labute approximate surface area is 291 Å². The van der Waals surface area contributed by atoms with E-state index in [-0.39, 0.29) is 59.6 Å². The summed E-state index contributed by atoms with van der Waals surface area (Å²) in [7, 11) is 0.